The Bertz CT molecular complexity index is 894. The summed E-state index contributed by atoms with van der Waals surface area (Å²) in [4.78, 5) is 0. The van der Waals surface area contributed by atoms with Crippen molar-refractivity contribution in [3.63, 3.8) is 0 Å². The molecular weight excluding hydrogens is 342 g/mol. The molecule has 3 rings (SSSR count). The molecule has 0 saturated heterocycles. The van der Waals surface area contributed by atoms with Gasteiger partial charge in [-0.15, -0.1) is 0 Å². The maximum Gasteiger partial charge on any atom is 0.122 e. The average molecular weight is 372 g/mol. The van der Waals surface area contributed by atoms with E-state index in [9.17, 15) is 0 Å². The van der Waals surface area contributed by atoms with Crippen LogP contribution in [0, 0.1) is 0 Å². The lowest BCUT2D eigenvalue weighted by Gasteiger charge is -2.11. The average Bonchev–Trinajstić information content (AvgIpc) is 2.73. The van der Waals surface area contributed by atoms with E-state index in [1.165, 1.54) is 22.3 Å². The summed E-state index contributed by atoms with van der Waals surface area (Å²) in [6, 6.07) is 25.3. The Morgan fingerprint density at radius 2 is 1.50 bits per heavy atom. The van der Waals surface area contributed by atoms with Gasteiger partial charge in [0.15, 0.2) is 0 Å². The van der Waals surface area contributed by atoms with Crippen LogP contribution in [-0.4, -0.2) is 6.61 Å². The second-order valence-electron chi connectivity index (χ2n) is 7.11. The number of para-hydroxylation sites is 1. The van der Waals surface area contributed by atoms with Gasteiger partial charge in [-0.2, -0.15) is 0 Å². The highest BCUT2D eigenvalue weighted by Crippen LogP contribution is 2.22. The summed E-state index contributed by atoms with van der Waals surface area (Å²) < 4.78 is 6.02. The second-order valence-corrected chi connectivity index (χ2v) is 7.11. The molecule has 2 N–H and O–H groups in total. The minimum absolute atomic E-state index is 0.599. The van der Waals surface area contributed by atoms with Crippen molar-refractivity contribution in [2.75, 3.05) is 6.61 Å². The molecule has 144 valence electrons. The monoisotopic (exact) mass is 371 g/mol. The Hall–Kier alpha value is -3.00. The van der Waals surface area contributed by atoms with Gasteiger partial charge in [0, 0.05) is 5.70 Å². The van der Waals surface area contributed by atoms with Crippen molar-refractivity contribution in [1.29, 1.82) is 0 Å². The third kappa shape index (κ3) is 5.26. The zero-order valence-electron chi connectivity index (χ0n) is 16.7. The van der Waals surface area contributed by atoms with Crippen molar-refractivity contribution in [1.82, 2.24) is 0 Å². The predicted octanol–water partition coefficient (Wildman–Crippen LogP) is 6.25. The molecule has 0 radical (unpaired) electrons. The molecular formula is C26H29NO. The van der Waals surface area contributed by atoms with Crippen LogP contribution >= 0.6 is 0 Å². The maximum absolute atomic E-state index is 6.02. The minimum Gasteiger partial charge on any atom is -0.493 e. The van der Waals surface area contributed by atoms with Crippen molar-refractivity contribution >= 4 is 5.70 Å². The van der Waals surface area contributed by atoms with Crippen LogP contribution in [0.15, 0.2) is 79.4 Å². The van der Waals surface area contributed by atoms with Gasteiger partial charge in [0.1, 0.15) is 5.75 Å². The lowest BCUT2D eigenvalue weighted by Crippen LogP contribution is -2.01. The topological polar surface area (TPSA) is 35.2 Å². The van der Waals surface area contributed by atoms with Gasteiger partial charge in [-0.3, -0.25) is 0 Å². The van der Waals surface area contributed by atoms with E-state index in [1.54, 1.807) is 0 Å². The molecule has 0 atom stereocenters. The van der Waals surface area contributed by atoms with Crippen LogP contribution in [-0.2, 0) is 12.8 Å². The lowest BCUT2D eigenvalue weighted by atomic mass is 10.0. The summed E-state index contributed by atoms with van der Waals surface area (Å²) in [7, 11) is 0. The molecule has 2 nitrogen and oxygen atoms in total. The van der Waals surface area contributed by atoms with E-state index in [4.69, 9.17) is 10.5 Å². The number of benzene rings is 3. The Morgan fingerprint density at radius 1 is 0.857 bits per heavy atom. The van der Waals surface area contributed by atoms with Gasteiger partial charge < -0.3 is 10.5 Å². The first kappa shape index (κ1) is 19.8. The van der Waals surface area contributed by atoms with Crippen LogP contribution in [0.2, 0.25) is 0 Å². The number of hydrogen-bond acceptors (Lipinski definition) is 2. The van der Waals surface area contributed by atoms with E-state index in [0.717, 1.165) is 43.6 Å². The van der Waals surface area contributed by atoms with Crippen LogP contribution in [0.25, 0.3) is 16.8 Å². The smallest absolute Gasteiger partial charge is 0.122 e. The molecule has 0 aliphatic carbocycles. The van der Waals surface area contributed by atoms with Crippen molar-refractivity contribution in [3.05, 3.63) is 96.1 Å². The fraction of sp³-hybridized carbons (Fsp3) is 0.231. The predicted molar refractivity (Wildman–Crippen MR) is 119 cm³/mol. The van der Waals surface area contributed by atoms with Crippen LogP contribution in [0.4, 0.5) is 0 Å². The highest BCUT2D eigenvalue weighted by molar-refractivity contribution is 5.68. The zero-order valence-corrected chi connectivity index (χ0v) is 16.7. The summed E-state index contributed by atoms with van der Waals surface area (Å²) in [6.07, 6.45) is 4.23. The van der Waals surface area contributed by atoms with Crippen molar-refractivity contribution in [3.8, 4) is 16.9 Å². The number of hydrogen-bond donors (Lipinski definition) is 1. The van der Waals surface area contributed by atoms with E-state index >= 15 is 0 Å². The Morgan fingerprint density at radius 3 is 2.14 bits per heavy atom. The third-order valence-corrected chi connectivity index (χ3v) is 4.90. The lowest BCUT2D eigenvalue weighted by molar-refractivity contribution is 0.308. The van der Waals surface area contributed by atoms with Crippen LogP contribution < -0.4 is 10.5 Å². The van der Waals surface area contributed by atoms with Crippen molar-refractivity contribution in [2.45, 2.75) is 32.6 Å². The standard InChI is InChI=1S/C26H29NO/c1-3-7-25-9-4-5-10-26(25)28-19-6-8-21-11-13-23(14-12-21)24-17-15-22(16-18-24)20(2)27/h4-5,9-18H,2-3,6-8,19,27H2,1H3. The molecule has 3 aromatic rings. The van der Waals surface area contributed by atoms with Gasteiger partial charge in [0.05, 0.1) is 6.61 Å². The van der Waals surface area contributed by atoms with Gasteiger partial charge in [0.25, 0.3) is 0 Å². The first-order chi connectivity index (χ1) is 13.7. The summed E-state index contributed by atoms with van der Waals surface area (Å²) in [5.41, 5.74) is 12.3. The summed E-state index contributed by atoms with van der Waals surface area (Å²) in [5.74, 6) is 1.03. The summed E-state index contributed by atoms with van der Waals surface area (Å²) in [6.45, 7) is 6.72. The van der Waals surface area contributed by atoms with Crippen LogP contribution in [0.1, 0.15) is 36.5 Å². The van der Waals surface area contributed by atoms with Crippen molar-refractivity contribution < 1.29 is 4.74 Å². The highest BCUT2D eigenvalue weighted by Gasteiger charge is 2.03. The largest absolute Gasteiger partial charge is 0.493 e. The first-order valence-electron chi connectivity index (χ1n) is 10.0. The molecule has 0 amide bonds. The molecule has 0 aromatic heterocycles. The molecule has 3 aromatic carbocycles. The summed E-state index contributed by atoms with van der Waals surface area (Å²) >= 11 is 0. The molecule has 0 aliphatic heterocycles. The molecule has 0 heterocycles. The van der Waals surface area contributed by atoms with Gasteiger partial charge in [-0.05, 0) is 53.1 Å². The fourth-order valence-corrected chi connectivity index (χ4v) is 3.32. The first-order valence-corrected chi connectivity index (χ1v) is 10.0. The fourth-order valence-electron chi connectivity index (χ4n) is 3.32. The molecule has 0 spiro atoms. The Kier molecular flexibility index (Phi) is 6.91. The quantitative estimate of drug-likeness (QED) is 0.451. The number of nitrogens with two attached hydrogens (primary N) is 1. The molecule has 0 saturated carbocycles. The normalized spacial score (nSPS) is 10.6. The molecule has 2 heteroatoms. The van der Waals surface area contributed by atoms with E-state index in [1.807, 2.05) is 18.2 Å². The van der Waals surface area contributed by atoms with Crippen LogP contribution in [0.3, 0.4) is 0 Å². The molecule has 0 aliphatic rings. The van der Waals surface area contributed by atoms with E-state index in [-0.39, 0.29) is 0 Å². The number of rotatable bonds is 9. The van der Waals surface area contributed by atoms with Crippen molar-refractivity contribution in [2.24, 2.45) is 5.73 Å². The third-order valence-electron chi connectivity index (χ3n) is 4.90. The van der Waals surface area contributed by atoms with Gasteiger partial charge >= 0.3 is 0 Å². The zero-order chi connectivity index (χ0) is 19.8. The Balaban J connectivity index is 1.51. The van der Waals surface area contributed by atoms with E-state index < -0.39 is 0 Å². The summed E-state index contributed by atoms with van der Waals surface area (Å²) in [5, 5.41) is 0. The highest BCUT2D eigenvalue weighted by atomic mass is 16.5. The second kappa shape index (κ2) is 9.80. The molecule has 0 fully saturated rings. The minimum atomic E-state index is 0.599. The van der Waals surface area contributed by atoms with E-state index in [0.29, 0.717) is 5.70 Å². The van der Waals surface area contributed by atoms with Gasteiger partial charge in [-0.1, -0.05) is 86.7 Å². The maximum atomic E-state index is 6.02. The van der Waals surface area contributed by atoms with Gasteiger partial charge in [-0.25, -0.2) is 0 Å². The number of ether oxygens (including phenoxy) is 1. The number of aryl methyl sites for hydroxylation is 2. The molecule has 0 unspecified atom stereocenters. The van der Waals surface area contributed by atoms with Crippen LogP contribution in [0.5, 0.6) is 5.75 Å². The Labute approximate surface area is 168 Å². The molecule has 0 bridgehead atoms. The van der Waals surface area contributed by atoms with Gasteiger partial charge in [0.2, 0.25) is 0 Å². The van der Waals surface area contributed by atoms with E-state index in [2.05, 4.69) is 68.1 Å². The SMILES string of the molecule is C=C(N)c1ccc(-c2ccc(CCCOc3ccccc3CCC)cc2)cc1. The molecule has 28 heavy (non-hydrogen) atoms.